The van der Waals surface area contributed by atoms with Crippen molar-refractivity contribution in [2.24, 2.45) is 0 Å². The molecule has 0 aromatic rings. The summed E-state index contributed by atoms with van der Waals surface area (Å²) < 4.78 is 16.8. The van der Waals surface area contributed by atoms with E-state index in [4.69, 9.17) is 14.2 Å². The van der Waals surface area contributed by atoms with Gasteiger partial charge in [0.25, 0.3) is 0 Å². The Balaban J connectivity index is 4.42. The second-order valence-corrected chi connectivity index (χ2v) is 17.7. The summed E-state index contributed by atoms with van der Waals surface area (Å²) in [5.41, 5.74) is 0. The minimum Gasteiger partial charge on any atom is -0.462 e. The maximum atomic E-state index is 12.8. The second-order valence-electron chi connectivity index (χ2n) is 17.7. The van der Waals surface area contributed by atoms with Gasteiger partial charge in [-0.2, -0.15) is 0 Å². The smallest absolute Gasteiger partial charge is 0.306 e. The third-order valence-electron chi connectivity index (χ3n) is 11.5. The molecule has 0 aliphatic heterocycles. The molecular formula is C58H100O6. The molecule has 0 aromatic heterocycles. The summed E-state index contributed by atoms with van der Waals surface area (Å²) in [4.78, 5) is 38.1. The zero-order valence-electron chi connectivity index (χ0n) is 42.0. The van der Waals surface area contributed by atoms with Gasteiger partial charge in [0.05, 0.1) is 0 Å². The van der Waals surface area contributed by atoms with E-state index in [1.807, 2.05) is 0 Å². The van der Waals surface area contributed by atoms with Gasteiger partial charge in [-0.3, -0.25) is 14.4 Å². The van der Waals surface area contributed by atoms with Crippen LogP contribution in [0.3, 0.4) is 0 Å². The van der Waals surface area contributed by atoms with Crippen molar-refractivity contribution in [3.63, 3.8) is 0 Å². The van der Waals surface area contributed by atoms with Gasteiger partial charge in [0.1, 0.15) is 13.2 Å². The first-order chi connectivity index (χ1) is 31.5. The molecule has 0 rings (SSSR count). The summed E-state index contributed by atoms with van der Waals surface area (Å²) in [5.74, 6) is -0.916. The first kappa shape index (κ1) is 60.9. The standard InChI is InChI=1S/C58H100O6/c1-4-7-10-13-16-19-22-25-28-30-33-36-39-42-45-48-51-57(60)63-54-55(53-62-56(59)50-47-44-41-38-35-32-27-24-21-18-15-12-9-6-3)64-58(61)52-49-46-43-40-37-34-31-29-26-23-20-17-14-11-8-5-2/h7,9-10,12,16,18-19,21,25,27-28,32,55H,4-6,8,11,13-15,17,20,22-24,26,29-31,33-54H2,1-3H3/b10-7-,12-9-,19-16-,21-18-,28-25-,32-27-. The molecule has 0 saturated heterocycles. The maximum Gasteiger partial charge on any atom is 0.306 e. The monoisotopic (exact) mass is 893 g/mol. The number of rotatable bonds is 48. The molecule has 1 atom stereocenters. The molecule has 0 radical (unpaired) electrons. The third kappa shape index (κ3) is 49.9. The average Bonchev–Trinajstić information content (AvgIpc) is 3.29. The van der Waals surface area contributed by atoms with Crippen LogP contribution in [-0.4, -0.2) is 37.2 Å². The molecule has 0 saturated carbocycles. The van der Waals surface area contributed by atoms with Crippen LogP contribution in [0.25, 0.3) is 0 Å². The number of esters is 3. The van der Waals surface area contributed by atoms with Gasteiger partial charge in [0, 0.05) is 19.3 Å². The molecule has 0 amide bonds. The maximum absolute atomic E-state index is 12.8. The molecule has 0 aliphatic carbocycles. The van der Waals surface area contributed by atoms with E-state index in [2.05, 4.69) is 93.7 Å². The van der Waals surface area contributed by atoms with Crippen LogP contribution < -0.4 is 0 Å². The molecule has 0 N–H and O–H groups in total. The summed E-state index contributed by atoms with van der Waals surface area (Å²) in [6, 6.07) is 0. The van der Waals surface area contributed by atoms with Crippen molar-refractivity contribution >= 4 is 17.9 Å². The molecule has 0 spiro atoms. The summed E-state index contributed by atoms with van der Waals surface area (Å²) in [7, 11) is 0. The predicted molar refractivity (Wildman–Crippen MR) is 274 cm³/mol. The number of allylic oxidation sites excluding steroid dienone is 12. The van der Waals surface area contributed by atoms with Crippen molar-refractivity contribution in [1.82, 2.24) is 0 Å². The van der Waals surface area contributed by atoms with E-state index in [1.165, 1.54) is 103 Å². The van der Waals surface area contributed by atoms with E-state index in [9.17, 15) is 14.4 Å². The average molecular weight is 893 g/mol. The van der Waals surface area contributed by atoms with Crippen molar-refractivity contribution in [3.05, 3.63) is 72.9 Å². The zero-order valence-corrected chi connectivity index (χ0v) is 42.0. The van der Waals surface area contributed by atoms with Gasteiger partial charge < -0.3 is 14.2 Å². The summed E-state index contributed by atoms with van der Waals surface area (Å²) >= 11 is 0. The largest absolute Gasteiger partial charge is 0.462 e. The molecule has 6 nitrogen and oxygen atoms in total. The molecular weight excluding hydrogens is 793 g/mol. The van der Waals surface area contributed by atoms with Gasteiger partial charge in [-0.25, -0.2) is 0 Å². The van der Waals surface area contributed by atoms with Gasteiger partial charge in [-0.1, -0.05) is 229 Å². The number of unbranched alkanes of at least 4 members (excludes halogenated alkanes) is 25. The SMILES string of the molecule is CC/C=C\C/C=C\C/C=C\CCCCCCCCC(=O)OCC(COC(=O)CCCCCC/C=C\C/C=C\C/C=C\CC)OC(=O)CCCCCCCCCCCCCCCCCC. The Morgan fingerprint density at radius 2 is 0.609 bits per heavy atom. The lowest BCUT2D eigenvalue weighted by atomic mass is 10.0. The van der Waals surface area contributed by atoms with Gasteiger partial charge in [0.2, 0.25) is 0 Å². The number of hydrogen-bond donors (Lipinski definition) is 0. The quantitative estimate of drug-likeness (QED) is 0.0262. The van der Waals surface area contributed by atoms with Crippen LogP contribution in [-0.2, 0) is 28.6 Å². The summed E-state index contributed by atoms with van der Waals surface area (Å²) in [5, 5.41) is 0. The summed E-state index contributed by atoms with van der Waals surface area (Å²) in [6.45, 7) is 6.40. The highest BCUT2D eigenvalue weighted by Gasteiger charge is 2.19. The highest BCUT2D eigenvalue weighted by Crippen LogP contribution is 2.16. The van der Waals surface area contributed by atoms with Crippen LogP contribution in [0, 0.1) is 0 Å². The van der Waals surface area contributed by atoms with E-state index in [-0.39, 0.29) is 31.1 Å². The van der Waals surface area contributed by atoms with Crippen molar-refractivity contribution < 1.29 is 28.6 Å². The fraction of sp³-hybridized carbons (Fsp3) is 0.741. The van der Waals surface area contributed by atoms with Crippen LogP contribution in [0.4, 0.5) is 0 Å². The Labute approximate surface area is 395 Å². The fourth-order valence-electron chi connectivity index (χ4n) is 7.47. The van der Waals surface area contributed by atoms with Crippen molar-refractivity contribution in [2.75, 3.05) is 13.2 Å². The predicted octanol–water partition coefficient (Wildman–Crippen LogP) is 17.8. The van der Waals surface area contributed by atoms with E-state index < -0.39 is 6.10 Å². The minimum atomic E-state index is -0.788. The topological polar surface area (TPSA) is 78.9 Å². The highest BCUT2D eigenvalue weighted by atomic mass is 16.6. The Kier molecular flexibility index (Phi) is 49.9. The molecule has 0 heterocycles. The molecule has 0 bridgehead atoms. The van der Waals surface area contributed by atoms with Crippen molar-refractivity contribution in [1.29, 1.82) is 0 Å². The van der Waals surface area contributed by atoms with Crippen LogP contribution in [0.1, 0.15) is 258 Å². The molecule has 0 aliphatic rings. The first-order valence-electron chi connectivity index (χ1n) is 26.9. The Hall–Kier alpha value is -3.15. The van der Waals surface area contributed by atoms with Crippen molar-refractivity contribution in [3.8, 4) is 0 Å². The van der Waals surface area contributed by atoms with Crippen LogP contribution in [0.5, 0.6) is 0 Å². The van der Waals surface area contributed by atoms with E-state index >= 15 is 0 Å². The fourth-order valence-corrected chi connectivity index (χ4v) is 7.47. The van der Waals surface area contributed by atoms with Crippen molar-refractivity contribution in [2.45, 2.75) is 264 Å². The lowest BCUT2D eigenvalue weighted by Crippen LogP contribution is -2.30. The van der Waals surface area contributed by atoms with Crippen LogP contribution in [0.15, 0.2) is 72.9 Å². The minimum absolute atomic E-state index is 0.0881. The first-order valence-corrected chi connectivity index (χ1v) is 26.9. The summed E-state index contributed by atoms with van der Waals surface area (Å²) in [6.07, 6.45) is 66.0. The molecule has 0 fully saturated rings. The van der Waals surface area contributed by atoms with Crippen LogP contribution in [0.2, 0.25) is 0 Å². The number of carbonyl (C=O) groups is 3. The van der Waals surface area contributed by atoms with Gasteiger partial charge in [0.15, 0.2) is 6.10 Å². The number of ether oxygens (including phenoxy) is 3. The normalized spacial score (nSPS) is 12.6. The van der Waals surface area contributed by atoms with Crippen LogP contribution >= 0.6 is 0 Å². The Morgan fingerprint density at radius 1 is 0.328 bits per heavy atom. The third-order valence-corrected chi connectivity index (χ3v) is 11.5. The molecule has 6 heteroatoms. The Morgan fingerprint density at radius 3 is 0.953 bits per heavy atom. The molecule has 0 aromatic carbocycles. The zero-order chi connectivity index (χ0) is 46.5. The van der Waals surface area contributed by atoms with E-state index in [1.54, 1.807) is 0 Å². The molecule has 1 unspecified atom stereocenters. The van der Waals surface area contributed by atoms with Gasteiger partial charge in [-0.05, 0) is 83.5 Å². The Bertz CT molecular complexity index is 1210. The van der Waals surface area contributed by atoms with Gasteiger partial charge in [-0.15, -0.1) is 0 Å². The molecule has 64 heavy (non-hydrogen) atoms. The molecule has 368 valence electrons. The number of hydrogen-bond acceptors (Lipinski definition) is 6. The van der Waals surface area contributed by atoms with E-state index in [0.717, 1.165) is 116 Å². The second kappa shape index (κ2) is 52.5. The lowest BCUT2D eigenvalue weighted by Gasteiger charge is -2.18. The van der Waals surface area contributed by atoms with Gasteiger partial charge >= 0.3 is 17.9 Å². The lowest BCUT2D eigenvalue weighted by molar-refractivity contribution is -0.167. The number of carbonyl (C=O) groups excluding carboxylic acids is 3. The highest BCUT2D eigenvalue weighted by molar-refractivity contribution is 5.71. The van der Waals surface area contributed by atoms with E-state index in [0.29, 0.717) is 19.3 Å².